The molecule has 0 saturated heterocycles. The Labute approximate surface area is 114 Å². The number of benzene rings is 1. The summed E-state index contributed by atoms with van der Waals surface area (Å²) in [4.78, 5) is 4.38. The Bertz CT molecular complexity index is 480. The van der Waals surface area contributed by atoms with Gasteiger partial charge in [-0.1, -0.05) is 44.2 Å². The van der Waals surface area contributed by atoms with Crippen LogP contribution in [0.25, 0.3) is 0 Å². The summed E-state index contributed by atoms with van der Waals surface area (Å²) < 4.78 is 5.69. The summed E-state index contributed by atoms with van der Waals surface area (Å²) in [7, 11) is 0. The highest BCUT2D eigenvalue weighted by molar-refractivity contribution is 5.21. The molecule has 2 rings (SSSR count). The second-order valence-electron chi connectivity index (χ2n) is 4.80. The Hall–Kier alpha value is -1.87. The molecule has 1 N–H and O–H groups in total. The number of aromatic nitrogens is 1. The zero-order valence-electron chi connectivity index (χ0n) is 11.5. The van der Waals surface area contributed by atoms with Crippen molar-refractivity contribution >= 4 is 0 Å². The molecule has 3 heteroatoms. The molecule has 0 bridgehead atoms. The number of ether oxygens (including phenoxy) is 1. The van der Waals surface area contributed by atoms with Crippen LogP contribution in [0.15, 0.2) is 48.7 Å². The van der Waals surface area contributed by atoms with Gasteiger partial charge in [0.25, 0.3) is 0 Å². The average molecular weight is 256 g/mol. The quantitative estimate of drug-likeness (QED) is 0.862. The molecule has 0 unspecified atom stereocenters. The first-order chi connectivity index (χ1) is 9.24. The normalized spacial score (nSPS) is 10.7. The molecule has 3 nitrogen and oxygen atoms in total. The van der Waals surface area contributed by atoms with Gasteiger partial charge in [0.05, 0.1) is 11.9 Å². The van der Waals surface area contributed by atoms with Crippen LogP contribution in [0, 0.1) is 0 Å². The van der Waals surface area contributed by atoms with E-state index >= 15 is 0 Å². The number of rotatable bonds is 6. The topological polar surface area (TPSA) is 34.1 Å². The van der Waals surface area contributed by atoms with Crippen LogP contribution in [-0.4, -0.2) is 11.0 Å². The first kappa shape index (κ1) is 13.6. The fourth-order valence-corrected chi connectivity index (χ4v) is 1.65. The van der Waals surface area contributed by atoms with E-state index < -0.39 is 0 Å². The van der Waals surface area contributed by atoms with Gasteiger partial charge in [-0.15, -0.1) is 0 Å². The summed E-state index contributed by atoms with van der Waals surface area (Å²) in [6, 6.07) is 14.6. The molecule has 0 fully saturated rings. The van der Waals surface area contributed by atoms with E-state index in [-0.39, 0.29) is 0 Å². The maximum Gasteiger partial charge on any atom is 0.138 e. The molecule has 0 saturated carbocycles. The summed E-state index contributed by atoms with van der Waals surface area (Å²) in [5, 5.41) is 3.34. The number of hydrogen-bond acceptors (Lipinski definition) is 3. The molecule has 1 heterocycles. The second-order valence-corrected chi connectivity index (χ2v) is 4.80. The Morgan fingerprint density at radius 1 is 1.11 bits per heavy atom. The zero-order chi connectivity index (χ0) is 13.5. The maximum atomic E-state index is 5.69. The Balaban J connectivity index is 1.85. The number of pyridine rings is 1. The van der Waals surface area contributed by atoms with Crippen molar-refractivity contribution in [1.29, 1.82) is 0 Å². The number of nitrogens with one attached hydrogen (secondary N) is 1. The van der Waals surface area contributed by atoms with Gasteiger partial charge in [-0.2, -0.15) is 0 Å². The molecular formula is C16H20N2O. The monoisotopic (exact) mass is 256 g/mol. The molecule has 0 atom stereocenters. The molecule has 0 aliphatic rings. The Kier molecular flexibility index (Phi) is 4.93. The van der Waals surface area contributed by atoms with Crippen LogP contribution >= 0.6 is 0 Å². The van der Waals surface area contributed by atoms with Crippen molar-refractivity contribution < 1.29 is 4.74 Å². The van der Waals surface area contributed by atoms with Crippen LogP contribution in [0.3, 0.4) is 0 Å². The third-order valence-corrected chi connectivity index (χ3v) is 2.74. The molecule has 100 valence electrons. The smallest absolute Gasteiger partial charge is 0.138 e. The minimum absolute atomic E-state index is 0.468. The van der Waals surface area contributed by atoms with Crippen molar-refractivity contribution in [1.82, 2.24) is 10.3 Å². The van der Waals surface area contributed by atoms with Gasteiger partial charge in [0.1, 0.15) is 12.4 Å². The van der Waals surface area contributed by atoms with Crippen LogP contribution < -0.4 is 10.1 Å². The summed E-state index contributed by atoms with van der Waals surface area (Å²) in [5.41, 5.74) is 2.19. The van der Waals surface area contributed by atoms with Crippen molar-refractivity contribution in [3.8, 4) is 5.75 Å². The minimum Gasteiger partial charge on any atom is -0.487 e. The van der Waals surface area contributed by atoms with Gasteiger partial charge in [-0.25, -0.2) is 0 Å². The van der Waals surface area contributed by atoms with Gasteiger partial charge in [-0.3, -0.25) is 4.98 Å². The van der Waals surface area contributed by atoms with E-state index in [1.54, 1.807) is 6.20 Å². The summed E-state index contributed by atoms with van der Waals surface area (Å²) in [6.45, 7) is 5.61. The van der Waals surface area contributed by atoms with Gasteiger partial charge in [-0.05, 0) is 17.7 Å². The largest absolute Gasteiger partial charge is 0.487 e. The first-order valence-corrected chi connectivity index (χ1v) is 6.59. The van der Waals surface area contributed by atoms with Gasteiger partial charge >= 0.3 is 0 Å². The fourth-order valence-electron chi connectivity index (χ4n) is 1.65. The fraction of sp³-hybridized carbons (Fsp3) is 0.312. The molecule has 0 spiro atoms. The average Bonchev–Trinajstić information content (AvgIpc) is 2.45. The van der Waals surface area contributed by atoms with E-state index in [1.165, 1.54) is 0 Å². The molecule has 1 aromatic heterocycles. The molecule has 0 radical (unpaired) electrons. The zero-order valence-corrected chi connectivity index (χ0v) is 11.5. The van der Waals surface area contributed by atoms with E-state index in [9.17, 15) is 0 Å². The molecule has 0 aliphatic carbocycles. The van der Waals surface area contributed by atoms with Crippen LogP contribution in [-0.2, 0) is 13.2 Å². The standard InChI is InChI=1S/C16H20N2O/c1-13(2)17-10-15-8-9-16(11-18-15)19-12-14-6-4-3-5-7-14/h3-9,11,13,17H,10,12H2,1-2H3. The highest BCUT2D eigenvalue weighted by Crippen LogP contribution is 2.11. The van der Waals surface area contributed by atoms with E-state index in [2.05, 4.69) is 24.1 Å². The van der Waals surface area contributed by atoms with Crippen molar-refractivity contribution in [3.05, 3.63) is 59.9 Å². The lowest BCUT2D eigenvalue weighted by atomic mass is 10.2. The Morgan fingerprint density at radius 2 is 1.89 bits per heavy atom. The van der Waals surface area contributed by atoms with E-state index in [4.69, 9.17) is 4.74 Å². The number of nitrogens with zero attached hydrogens (tertiary/aromatic N) is 1. The molecule has 0 amide bonds. The van der Waals surface area contributed by atoms with Crippen molar-refractivity contribution in [3.63, 3.8) is 0 Å². The van der Waals surface area contributed by atoms with Gasteiger partial charge in [0, 0.05) is 12.6 Å². The lowest BCUT2D eigenvalue weighted by Crippen LogP contribution is -2.22. The van der Waals surface area contributed by atoms with Crippen LogP contribution in [0.4, 0.5) is 0 Å². The molecule has 2 aromatic rings. The summed E-state index contributed by atoms with van der Waals surface area (Å²) in [5.74, 6) is 0.803. The van der Waals surface area contributed by atoms with Crippen molar-refractivity contribution in [2.24, 2.45) is 0 Å². The van der Waals surface area contributed by atoms with E-state index in [1.807, 2.05) is 42.5 Å². The van der Waals surface area contributed by atoms with E-state index in [0.717, 1.165) is 23.6 Å². The molecule has 0 aliphatic heterocycles. The molecular weight excluding hydrogens is 236 g/mol. The van der Waals surface area contributed by atoms with Crippen LogP contribution in [0.1, 0.15) is 25.1 Å². The lowest BCUT2D eigenvalue weighted by Gasteiger charge is -2.09. The Morgan fingerprint density at radius 3 is 2.53 bits per heavy atom. The summed E-state index contributed by atoms with van der Waals surface area (Å²) >= 11 is 0. The van der Waals surface area contributed by atoms with Crippen molar-refractivity contribution in [2.45, 2.75) is 33.0 Å². The molecule has 19 heavy (non-hydrogen) atoms. The maximum absolute atomic E-state index is 5.69. The van der Waals surface area contributed by atoms with Gasteiger partial charge in [0.2, 0.25) is 0 Å². The lowest BCUT2D eigenvalue weighted by molar-refractivity contribution is 0.304. The highest BCUT2D eigenvalue weighted by atomic mass is 16.5. The third-order valence-electron chi connectivity index (χ3n) is 2.74. The second kappa shape index (κ2) is 6.90. The van der Waals surface area contributed by atoms with Gasteiger partial charge < -0.3 is 10.1 Å². The van der Waals surface area contributed by atoms with Gasteiger partial charge in [0.15, 0.2) is 0 Å². The highest BCUT2D eigenvalue weighted by Gasteiger charge is 1.99. The SMILES string of the molecule is CC(C)NCc1ccc(OCc2ccccc2)cn1. The van der Waals surface area contributed by atoms with Crippen LogP contribution in [0.5, 0.6) is 5.75 Å². The molecule has 1 aromatic carbocycles. The first-order valence-electron chi connectivity index (χ1n) is 6.59. The van der Waals surface area contributed by atoms with E-state index in [0.29, 0.717) is 12.6 Å². The summed E-state index contributed by atoms with van der Waals surface area (Å²) in [6.07, 6.45) is 1.78. The minimum atomic E-state index is 0.468. The third kappa shape index (κ3) is 4.72. The predicted molar refractivity (Wildman–Crippen MR) is 77.0 cm³/mol. The predicted octanol–water partition coefficient (Wildman–Crippen LogP) is 3.16. The van der Waals surface area contributed by atoms with Crippen LogP contribution in [0.2, 0.25) is 0 Å². The van der Waals surface area contributed by atoms with Crippen molar-refractivity contribution in [2.75, 3.05) is 0 Å². The number of hydrogen-bond donors (Lipinski definition) is 1.